The van der Waals surface area contributed by atoms with E-state index in [0.29, 0.717) is 6.42 Å². The summed E-state index contributed by atoms with van der Waals surface area (Å²) in [5.41, 5.74) is -0.853. The number of amides is 1. The van der Waals surface area contributed by atoms with E-state index in [0.717, 1.165) is 19.3 Å². The Morgan fingerprint density at radius 1 is 1.20 bits per heavy atom. The van der Waals surface area contributed by atoms with Crippen molar-refractivity contribution < 1.29 is 19.1 Å². The molecule has 1 aliphatic rings. The van der Waals surface area contributed by atoms with Gasteiger partial charge in [-0.25, -0.2) is 0 Å². The Bertz CT molecular complexity index is 376. The number of esters is 1. The zero-order valence-electron chi connectivity index (χ0n) is 12.7. The minimum absolute atomic E-state index is 0.137. The summed E-state index contributed by atoms with van der Waals surface area (Å²) < 4.78 is 5.05. The SMILES string of the molecule is CCCCCCCC(=O)OCC1C(=O)NC(C)(C)C1=O. The molecule has 20 heavy (non-hydrogen) atoms. The third kappa shape index (κ3) is 4.62. The number of hydrogen-bond acceptors (Lipinski definition) is 4. The third-order valence-electron chi connectivity index (χ3n) is 3.58. The lowest BCUT2D eigenvalue weighted by atomic mass is 9.95. The summed E-state index contributed by atoms with van der Waals surface area (Å²) >= 11 is 0. The molecule has 114 valence electrons. The van der Waals surface area contributed by atoms with Crippen molar-refractivity contribution in [3.8, 4) is 0 Å². The Kier molecular flexibility index (Phi) is 6.17. The lowest BCUT2D eigenvalue weighted by molar-refractivity contribution is -0.147. The maximum Gasteiger partial charge on any atom is 0.305 e. The summed E-state index contributed by atoms with van der Waals surface area (Å²) in [6.07, 6.45) is 5.64. The number of ketones is 1. The Labute approximate surface area is 120 Å². The average Bonchev–Trinajstić information content (AvgIpc) is 2.56. The summed E-state index contributed by atoms with van der Waals surface area (Å²) in [6, 6.07) is 0. The van der Waals surface area contributed by atoms with E-state index in [9.17, 15) is 14.4 Å². The molecule has 1 atom stereocenters. The first-order chi connectivity index (χ1) is 9.38. The van der Waals surface area contributed by atoms with Crippen LogP contribution >= 0.6 is 0 Å². The fourth-order valence-electron chi connectivity index (χ4n) is 2.28. The Morgan fingerprint density at radius 2 is 1.85 bits per heavy atom. The van der Waals surface area contributed by atoms with E-state index in [4.69, 9.17) is 4.74 Å². The topological polar surface area (TPSA) is 72.5 Å². The van der Waals surface area contributed by atoms with Gasteiger partial charge < -0.3 is 10.1 Å². The van der Waals surface area contributed by atoms with Crippen LogP contribution in [0.25, 0.3) is 0 Å². The highest BCUT2D eigenvalue weighted by atomic mass is 16.5. The predicted molar refractivity (Wildman–Crippen MR) is 75.1 cm³/mol. The molecular formula is C15H25NO4. The minimum atomic E-state index is -0.853. The van der Waals surface area contributed by atoms with Crippen LogP contribution in [0.2, 0.25) is 0 Å². The summed E-state index contributed by atoms with van der Waals surface area (Å²) in [5, 5.41) is 2.60. The maximum atomic E-state index is 11.9. The van der Waals surface area contributed by atoms with Gasteiger partial charge in [-0.05, 0) is 20.3 Å². The van der Waals surface area contributed by atoms with Crippen LogP contribution in [-0.4, -0.2) is 29.8 Å². The minimum Gasteiger partial charge on any atom is -0.464 e. The average molecular weight is 283 g/mol. The number of hydrogen-bond donors (Lipinski definition) is 1. The van der Waals surface area contributed by atoms with Crippen molar-refractivity contribution in [1.29, 1.82) is 0 Å². The molecule has 5 nitrogen and oxygen atoms in total. The Morgan fingerprint density at radius 3 is 2.40 bits per heavy atom. The summed E-state index contributed by atoms with van der Waals surface area (Å²) in [4.78, 5) is 35.1. The van der Waals surface area contributed by atoms with Crippen molar-refractivity contribution in [3.63, 3.8) is 0 Å². The lowest BCUT2D eigenvalue weighted by Gasteiger charge is -2.14. The monoisotopic (exact) mass is 283 g/mol. The highest BCUT2D eigenvalue weighted by molar-refractivity contribution is 6.12. The number of nitrogens with one attached hydrogen (secondary N) is 1. The van der Waals surface area contributed by atoms with Crippen LogP contribution in [0.3, 0.4) is 0 Å². The van der Waals surface area contributed by atoms with Crippen LogP contribution < -0.4 is 5.32 Å². The van der Waals surface area contributed by atoms with Crippen LogP contribution in [0.1, 0.15) is 59.3 Å². The molecule has 0 aliphatic carbocycles. The molecular weight excluding hydrogens is 258 g/mol. The number of carbonyl (C=O) groups excluding carboxylic acids is 3. The first-order valence-electron chi connectivity index (χ1n) is 7.40. The van der Waals surface area contributed by atoms with Crippen molar-refractivity contribution in [3.05, 3.63) is 0 Å². The van der Waals surface area contributed by atoms with Crippen LogP contribution in [0.15, 0.2) is 0 Å². The highest BCUT2D eigenvalue weighted by Crippen LogP contribution is 2.20. The van der Waals surface area contributed by atoms with Crippen LogP contribution in [0.4, 0.5) is 0 Å². The fourth-order valence-corrected chi connectivity index (χ4v) is 2.28. The molecule has 1 fully saturated rings. The first-order valence-corrected chi connectivity index (χ1v) is 7.40. The maximum absolute atomic E-state index is 11.9. The van der Waals surface area contributed by atoms with Gasteiger partial charge in [0.2, 0.25) is 5.91 Å². The molecule has 0 saturated carbocycles. The molecule has 0 aromatic rings. The van der Waals surface area contributed by atoms with E-state index >= 15 is 0 Å². The molecule has 1 N–H and O–H groups in total. The molecule has 0 aromatic carbocycles. The predicted octanol–water partition coefficient (Wildman–Crippen LogP) is 1.98. The van der Waals surface area contributed by atoms with Gasteiger partial charge in [-0.3, -0.25) is 14.4 Å². The van der Waals surface area contributed by atoms with E-state index < -0.39 is 11.5 Å². The molecule has 1 rings (SSSR count). The van der Waals surface area contributed by atoms with Crippen molar-refractivity contribution in [2.75, 3.05) is 6.61 Å². The summed E-state index contributed by atoms with van der Waals surface area (Å²) in [7, 11) is 0. The number of ether oxygens (including phenoxy) is 1. The van der Waals surface area contributed by atoms with E-state index in [2.05, 4.69) is 12.2 Å². The highest BCUT2D eigenvalue weighted by Gasteiger charge is 2.46. The van der Waals surface area contributed by atoms with Crippen molar-refractivity contribution in [2.45, 2.75) is 64.8 Å². The molecule has 0 bridgehead atoms. The second-order valence-electron chi connectivity index (χ2n) is 5.88. The van der Waals surface area contributed by atoms with Gasteiger partial charge in [-0.1, -0.05) is 32.6 Å². The van der Waals surface area contributed by atoms with Crippen molar-refractivity contribution in [2.24, 2.45) is 5.92 Å². The number of rotatable bonds is 8. The Balaban J connectivity index is 2.24. The molecule has 1 heterocycles. The molecule has 0 radical (unpaired) electrons. The number of Topliss-reactive ketones (excluding diaryl/α,β-unsaturated/α-hetero) is 1. The second-order valence-corrected chi connectivity index (χ2v) is 5.88. The summed E-state index contributed by atoms with van der Waals surface area (Å²) in [5.74, 6) is -1.74. The van der Waals surface area contributed by atoms with Gasteiger partial charge in [0.15, 0.2) is 5.78 Å². The number of unbranched alkanes of at least 4 members (excludes halogenated alkanes) is 4. The largest absolute Gasteiger partial charge is 0.464 e. The smallest absolute Gasteiger partial charge is 0.305 e. The molecule has 1 amide bonds. The van der Waals surface area contributed by atoms with Gasteiger partial charge in [-0.2, -0.15) is 0 Å². The van der Waals surface area contributed by atoms with Crippen molar-refractivity contribution >= 4 is 17.7 Å². The third-order valence-corrected chi connectivity index (χ3v) is 3.58. The Hall–Kier alpha value is -1.39. The van der Waals surface area contributed by atoms with Gasteiger partial charge >= 0.3 is 5.97 Å². The molecule has 1 unspecified atom stereocenters. The van der Waals surface area contributed by atoms with E-state index in [1.54, 1.807) is 13.8 Å². The molecule has 1 saturated heterocycles. The quantitative estimate of drug-likeness (QED) is 0.420. The second kappa shape index (κ2) is 7.41. The lowest BCUT2D eigenvalue weighted by Crippen LogP contribution is -2.39. The van der Waals surface area contributed by atoms with Crippen LogP contribution in [0.5, 0.6) is 0 Å². The van der Waals surface area contributed by atoms with Gasteiger partial charge in [0, 0.05) is 6.42 Å². The standard InChI is InChI=1S/C15H25NO4/c1-4-5-6-7-8-9-12(17)20-10-11-13(18)15(2,3)16-14(11)19/h11H,4-10H2,1-3H3,(H,16,19). The van der Waals surface area contributed by atoms with Crippen LogP contribution in [-0.2, 0) is 19.1 Å². The van der Waals surface area contributed by atoms with Crippen LogP contribution in [0, 0.1) is 5.92 Å². The fraction of sp³-hybridized carbons (Fsp3) is 0.800. The molecule has 5 heteroatoms. The molecule has 0 aromatic heterocycles. The van der Waals surface area contributed by atoms with Crippen molar-refractivity contribution in [1.82, 2.24) is 5.32 Å². The van der Waals surface area contributed by atoms with E-state index in [1.807, 2.05) is 0 Å². The molecule has 0 spiro atoms. The zero-order valence-corrected chi connectivity index (χ0v) is 12.7. The van der Waals surface area contributed by atoms with Gasteiger partial charge in [0.25, 0.3) is 0 Å². The molecule has 1 aliphatic heterocycles. The van der Waals surface area contributed by atoms with Gasteiger partial charge in [-0.15, -0.1) is 0 Å². The van der Waals surface area contributed by atoms with Gasteiger partial charge in [0.1, 0.15) is 12.5 Å². The van der Waals surface area contributed by atoms with E-state index in [1.165, 1.54) is 12.8 Å². The normalized spacial score (nSPS) is 20.9. The number of carbonyl (C=O) groups is 3. The van der Waals surface area contributed by atoms with E-state index in [-0.39, 0.29) is 24.3 Å². The zero-order chi connectivity index (χ0) is 15.2. The van der Waals surface area contributed by atoms with Gasteiger partial charge in [0.05, 0.1) is 5.54 Å². The summed E-state index contributed by atoms with van der Waals surface area (Å²) in [6.45, 7) is 5.31. The first kappa shape index (κ1) is 16.7.